The number of nitrogens with one attached hydrogen (secondary N) is 1. The largest absolute Gasteiger partial charge is 0.364 e. The van der Waals surface area contributed by atoms with Crippen molar-refractivity contribution in [2.24, 2.45) is 0 Å². The van der Waals surface area contributed by atoms with Crippen molar-refractivity contribution in [3.63, 3.8) is 0 Å². The molecule has 1 heterocycles. The Balaban J connectivity index is 2.04. The van der Waals surface area contributed by atoms with Gasteiger partial charge >= 0.3 is 5.69 Å². The molecule has 2 aromatic rings. The van der Waals surface area contributed by atoms with Crippen molar-refractivity contribution in [3.8, 4) is 0 Å². The van der Waals surface area contributed by atoms with E-state index in [-0.39, 0.29) is 22.5 Å². The standard InChI is InChI=1S/C13H11ClFN3O2/c14-12-5-4-11(18(19)20)13(17-12)16-7-6-9-2-1-3-10(15)8-9/h1-5,8H,6-7H2,(H,16,17). The fourth-order valence-electron chi connectivity index (χ4n) is 1.72. The van der Waals surface area contributed by atoms with Crippen LogP contribution in [-0.4, -0.2) is 16.5 Å². The number of halogens is 2. The molecule has 0 spiro atoms. The fourth-order valence-corrected chi connectivity index (χ4v) is 1.87. The van der Waals surface area contributed by atoms with Gasteiger partial charge in [-0.25, -0.2) is 9.37 Å². The smallest absolute Gasteiger partial charge is 0.311 e. The highest BCUT2D eigenvalue weighted by Crippen LogP contribution is 2.23. The number of nitro groups is 1. The quantitative estimate of drug-likeness (QED) is 0.521. The number of anilines is 1. The molecule has 0 saturated carbocycles. The van der Waals surface area contributed by atoms with Gasteiger partial charge in [0.25, 0.3) is 0 Å². The van der Waals surface area contributed by atoms with Gasteiger partial charge in [-0.05, 0) is 30.2 Å². The van der Waals surface area contributed by atoms with Crippen LogP contribution in [0, 0.1) is 15.9 Å². The first-order valence-corrected chi connectivity index (χ1v) is 6.23. The maximum Gasteiger partial charge on any atom is 0.311 e. The van der Waals surface area contributed by atoms with Crippen LogP contribution in [0.2, 0.25) is 5.15 Å². The van der Waals surface area contributed by atoms with Gasteiger partial charge in [-0.2, -0.15) is 0 Å². The summed E-state index contributed by atoms with van der Waals surface area (Å²) >= 11 is 5.71. The van der Waals surface area contributed by atoms with Crippen LogP contribution in [0.25, 0.3) is 0 Å². The van der Waals surface area contributed by atoms with Crippen LogP contribution in [-0.2, 0) is 6.42 Å². The Morgan fingerprint density at radius 3 is 2.85 bits per heavy atom. The average molecular weight is 296 g/mol. The van der Waals surface area contributed by atoms with E-state index in [1.165, 1.54) is 24.3 Å². The number of hydrogen-bond acceptors (Lipinski definition) is 4. The third-order valence-electron chi connectivity index (χ3n) is 2.63. The second-order valence-corrected chi connectivity index (χ2v) is 4.45. The van der Waals surface area contributed by atoms with E-state index in [0.717, 1.165) is 5.56 Å². The fraction of sp³-hybridized carbons (Fsp3) is 0.154. The lowest BCUT2D eigenvalue weighted by atomic mass is 10.1. The average Bonchev–Trinajstić information content (AvgIpc) is 2.38. The zero-order valence-corrected chi connectivity index (χ0v) is 11.1. The first kappa shape index (κ1) is 14.2. The lowest BCUT2D eigenvalue weighted by Gasteiger charge is -2.06. The van der Waals surface area contributed by atoms with Gasteiger partial charge < -0.3 is 5.32 Å². The molecule has 0 amide bonds. The number of rotatable bonds is 5. The summed E-state index contributed by atoms with van der Waals surface area (Å²) in [5.41, 5.74) is 0.649. The number of hydrogen-bond donors (Lipinski definition) is 1. The SMILES string of the molecule is O=[N+]([O-])c1ccc(Cl)nc1NCCc1cccc(F)c1. The number of nitrogens with zero attached hydrogens (tertiary/aromatic N) is 2. The number of aromatic nitrogens is 1. The van der Waals surface area contributed by atoms with E-state index in [1.807, 2.05) is 0 Å². The molecule has 0 unspecified atom stereocenters. The molecule has 1 N–H and O–H groups in total. The van der Waals surface area contributed by atoms with Gasteiger partial charge in [0.1, 0.15) is 11.0 Å². The van der Waals surface area contributed by atoms with Crippen molar-refractivity contribution in [1.82, 2.24) is 4.98 Å². The molecule has 20 heavy (non-hydrogen) atoms. The minimum atomic E-state index is -0.534. The monoisotopic (exact) mass is 295 g/mol. The summed E-state index contributed by atoms with van der Waals surface area (Å²) in [6, 6.07) is 8.83. The Bertz CT molecular complexity index is 637. The number of pyridine rings is 1. The predicted octanol–water partition coefficient (Wildman–Crippen LogP) is 3.44. The highest BCUT2D eigenvalue weighted by molar-refractivity contribution is 6.29. The van der Waals surface area contributed by atoms with E-state index >= 15 is 0 Å². The van der Waals surface area contributed by atoms with E-state index < -0.39 is 4.92 Å². The first-order valence-electron chi connectivity index (χ1n) is 5.85. The van der Waals surface area contributed by atoms with Crippen LogP contribution in [0.15, 0.2) is 36.4 Å². The molecular formula is C13H11ClFN3O2. The van der Waals surface area contributed by atoms with E-state index in [2.05, 4.69) is 10.3 Å². The third-order valence-corrected chi connectivity index (χ3v) is 2.84. The van der Waals surface area contributed by atoms with E-state index in [0.29, 0.717) is 13.0 Å². The van der Waals surface area contributed by atoms with Crippen LogP contribution in [0.5, 0.6) is 0 Å². The summed E-state index contributed by atoms with van der Waals surface area (Å²) in [5.74, 6) is -0.201. The molecule has 104 valence electrons. The Morgan fingerprint density at radius 2 is 2.15 bits per heavy atom. The molecule has 0 radical (unpaired) electrons. The molecule has 0 saturated heterocycles. The second kappa shape index (κ2) is 6.29. The molecule has 5 nitrogen and oxygen atoms in total. The van der Waals surface area contributed by atoms with Crippen LogP contribution >= 0.6 is 11.6 Å². The molecule has 0 fully saturated rings. The van der Waals surface area contributed by atoms with Gasteiger partial charge in [0.2, 0.25) is 5.82 Å². The maximum absolute atomic E-state index is 13.0. The summed E-state index contributed by atoms with van der Waals surface area (Å²) in [7, 11) is 0. The van der Waals surface area contributed by atoms with Crippen molar-refractivity contribution in [1.29, 1.82) is 0 Å². The van der Waals surface area contributed by atoms with E-state index in [9.17, 15) is 14.5 Å². The van der Waals surface area contributed by atoms with Gasteiger partial charge in [-0.1, -0.05) is 23.7 Å². The van der Waals surface area contributed by atoms with Crippen LogP contribution in [0.3, 0.4) is 0 Å². The van der Waals surface area contributed by atoms with Gasteiger partial charge in [-0.3, -0.25) is 10.1 Å². The van der Waals surface area contributed by atoms with Crippen molar-refractivity contribution >= 4 is 23.1 Å². The zero-order valence-electron chi connectivity index (χ0n) is 10.3. The van der Waals surface area contributed by atoms with Crippen molar-refractivity contribution in [3.05, 3.63) is 63.0 Å². The second-order valence-electron chi connectivity index (χ2n) is 4.07. The van der Waals surface area contributed by atoms with Gasteiger partial charge in [0, 0.05) is 12.6 Å². The Hall–Kier alpha value is -2.21. The van der Waals surface area contributed by atoms with Crippen LogP contribution < -0.4 is 5.32 Å². The lowest BCUT2D eigenvalue weighted by molar-refractivity contribution is -0.384. The van der Waals surface area contributed by atoms with Gasteiger partial charge in [0.15, 0.2) is 0 Å². The highest BCUT2D eigenvalue weighted by Gasteiger charge is 2.15. The molecule has 2 rings (SSSR count). The van der Waals surface area contributed by atoms with Gasteiger partial charge in [-0.15, -0.1) is 0 Å². The van der Waals surface area contributed by atoms with E-state index in [1.54, 1.807) is 12.1 Å². The zero-order chi connectivity index (χ0) is 14.5. The third kappa shape index (κ3) is 3.64. The van der Waals surface area contributed by atoms with Gasteiger partial charge in [0.05, 0.1) is 4.92 Å². The van der Waals surface area contributed by atoms with Crippen molar-refractivity contribution in [2.45, 2.75) is 6.42 Å². The molecule has 7 heteroatoms. The molecule has 0 aliphatic heterocycles. The molecule has 0 bridgehead atoms. The molecule has 1 aromatic heterocycles. The Kier molecular flexibility index (Phi) is 4.47. The normalized spacial score (nSPS) is 10.3. The first-order chi connectivity index (χ1) is 9.56. The van der Waals surface area contributed by atoms with Crippen molar-refractivity contribution in [2.75, 3.05) is 11.9 Å². The summed E-state index contributed by atoms with van der Waals surface area (Å²) in [4.78, 5) is 14.2. The Labute approximate surface area is 119 Å². The molecule has 0 aliphatic carbocycles. The molecule has 0 atom stereocenters. The van der Waals surface area contributed by atoms with E-state index in [4.69, 9.17) is 11.6 Å². The highest BCUT2D eigenvalue weighted by atomic mass is 35.5. The minimum absolute atomic E-state index is 0.110. The summed E-state index contributed by atoms with van der Waals surface area (Å²) in [6.07, 6.45) is 0.517. The summed E-state index contributed by atoms with van der Waals surface area (Å²) in [6.45, 7) is 0.387. The number of benzene rings is 1. The molecule has 1 aromatic carbocycles. The predicted molar refractivity (Wildman–Crippen MR) is 74.5 cm³/mol. The summed E-state index contributed by atoms with van der Waals surface area (Å²) < 4.78 is 13.0. The van der Waals surface area contributed by atoms with Crippen LogP contribution in [0.4, 0.5) is 15.9 Å². The molecule has 0 aliphatic rings. The lowest BCUT2D eigenvalue weighted by Crippen LogP contribution is -2.08. The topological polar surface area (TPSA) is 68.1 Å². The van der Waals surface area contributed by atoms with Crippen molar-refractivity contribution < 1.29 is 9.31 Å². The van der Waals surface area contributed by atoms with Crippen LogP contribution in [0.1, 0.15) is 5.56 Å². The Morgan fingerprint density at radius 1 is 1.35 bits per heavy atom. The molecular weight excluding hydrogens is 285 g/mol. The minimum Gasteiger partial charge on any atom is -0.364 e. The maximum atomic E-state index is 13.0. The summed E-state index contributed by atoms with van der Waals surface area (Å²) in [5, 5.41) is 13.9.